The summed E-state index contributed by atoms with van der Waals surface area (Å²) in [7, 11) is 0. The zero-order valence-electron chi connectivity index (χ0n) is 16.1. The Bertz CT molecular complexity index is 993. The van der Waals surface area contributed by atoms with Crippen molar-refractivity contribution in [3.63, 3.8) is 0 Å². The molecule has 0 saturated heterocycles. The number of aliphatic hydroxyl groups is 1. The molecule has 0 atom stereocenters. The summed E-state index contributed by atoms with van der Waals surface area (Å²) < 4.78 is 20.0. The second-order valence-corrected chi connectivity index (χ2v) is 6.69. The molecule has 4 heteroatoms. The number of aliphatic hydroxyl groups excluding tert-OH is 1. The van der Waals surface area contributed by atoms with Gasteiger partial charge in [0.05, 0.1) is 0 Å². The van der Waals surface area contributed by atoms with Crippen molar-refractivity contribution >= 4 is 5.97 Å². The molecule has 0 fully saturated rings. The van der Waals surface area contributed by atoms with Crippen molar-refractivity contribution in [2.75, 3.05) is 6.61 Å². The predicted molar refractivity (Wildman–Crippen MR) is 113 cm³/mol. The number of halogens is 1. The van der Waals surface area contributed by atoms with E-state index in [0.717, 1.165) is 40.3 Å². The molecule has 0 heterocycles. The number of hydrogen-bond donors (Lipinski definition) is 1. The Labute approximate surface area is 170 Å². The van der Waals surface area contributed by atoms with Gasteiger partial charge in [-0.3, -0.25) is 0 Å². The Hall–Kier alpha value is -3.24. The Morgan fingerprint density at radius 1 is 1.00 bits per heavy atom. The van der Waals surface area contributed by atoms with Crippen LogP contribution in [0.25, 0.3) is 22.3 Å². The highest BCUT2D eigenvalue weighted by atomic mass is 19.1. The average Bonchev–Trinajstić information content (AvgIpc) is 2.76. The first-order chi connectivity index (χ1) is 14.1. The minimum atomic E-state index is -0.497. The molecule has 0 radical (unpaired) electrons. The number of carbonyl (C=O) groups is 1. The summed E-state index contributed by atoms with van der Waals surface area (Å²) >= 11 is 0. The van der Waals surface area contributed by atoms with Crippen LogP contribution in [0.3, 0.4) is 0 Å². The molecular weight excluding hydrogens is 367 g/mol. The monoisotopic (exact) mass is 390 g/mol. The average molecular weight is 390 g/mol. The molecule has 3 aromatic carbocycles. The van der Waals surface area contributed by atoms with E-state index >= 15 is 0 Å². The second kappa shape index (κ2) is 9.80. The molecular formula is C25H23FO3. The number of carbonyl (C=O) groups excluding carboxylic acids is 1. The first kappa shape index (κ1) is 20.5. The summed E-state index contributed by atoms with van der Waals surface area (Å²) in [5.74, 6) is -0.813. The van der Waals surface area contributed by atoms with Crippen LogP contribution in [-0.4, -0.2) is 17.7 Å². The predicted octanol–water partition coefficient (Wildman–Crippen LogP) is 5.31. The van der Waals surface area contributed by atoms with Gasteiger partial charge in [0, 0.05) is 18.2 Å². The van der Waals surface area contributed by atoms with E-state index in [4.69, 9.17) is 9.84 Å². The van der Waals surface area contributed by atoms with Crippen LogP contribution in [0.15, 0.2) is 79.4 Å². The molecule has 0 saturated carbocycles. The van der Waals surface area contributed by atoms with E-state index in [1.54, 1.807) is 6.07 Å². The number of esters is 1. The van der Waals surface area contributed by atoms with Gasteiger partial charge in [-0.05, 0) is 46.7 Å². The molecule has 1 N–H and O–H groups in total. The van der Waals surface area contributed by atoms with Crippen LogP contribution < -0.4 is 0 Å². The third kappa shape index (κ3) is 5.18. The Morgan fingerprint density at radius 3 is 2.41 bits per heavy atom. The fourth-order valence-corrected chi connectivity index (χ4v) is 3.19. The number of aryl methyl sites for hydroxylation is 1. The zero-order valence-corrected chi connectivity index (χ0v) is 16.1. The molecule has 148 valence electrons. The Balaban J connectivity index is 1.85. The minimum Gasteiger partial charge on any atom is -0.458 e. The summed E-state index contributed by atoms with van der Waals surface area (Å²) in [5.41, 5.74) is 4.77. The van der Waals surface area contributed by atoms with Crippen LogP contribution in [0.2, 0.25) is 0 Å². The lowest BCUT2D eigenvalue weighted by Gasteiger charge is -2.12. The van der Waals surface area contributed by atoms with Crippen LogP contribution in [0.4, 0.5) is 4.39 Å². The molecule has 3 nitrogen and oxygen atoms in total. The van der Waals surface area contributed by atoms with Gasteiger partial charge >= 0.3 is 5.97 Å². The fraction of sp³-hybridized carbons (Fsp3) is 0.160. The molecule has 3 aromatic rings. The number of hydrogen-bond acceptors (Lipinski definition) is 3. The quantitative estimate of drug-likeness (QED) is 0.419. The first-order valence-corrected chi connectivity index (χ1v) is 9.49. The largest absolute Gasteiger partial charge is 0.458 e. The molecule has 0 unspecified atom stereocenters. The number of ether oxygens (including phenoxy) is 1. The molecule has 0 bridgehead atoms. The summed E-state index contributed by atoms with van der Waals surface area (Å²) in [4.78, 5) is 11.4. The van der Waals surface area contributed by atoms with E-state index in [-0.39, 0.29) is 19.0 Å². The molecule has 29 heavy (non-hydrogen) atoms. The van der Waals surface area contributed by atoms with Crippen molar-refractivity contribution in [3.8, 4) is 22.3 Å². The standard InChI is InChI=1S/C25H23FO3/c1-2-25(28)29-17-21-7-3-4-8-22(21)20-13-14-23(24(26)16-20)19-11-9-18(10-12-19)6-5-15-27/h2-4,7-14,16,27H,1,5-6,15,17H2. The third-order valence-corrected chi connectivity index (χ3v) is 4.72. The summed E-state index contributed by atoms with van der Waals surface area (Å²) in [6, 6.07) is 20.3. The maximum Gasteiger partial charge on any atom is 0.330 e. The lowest BCUT2D eigenvalue weighted by atomic mass is 9.96. The van der Waals surface area contributed by atoms with Crippen molar-refractivity contribution in [1.82, 2.24) is 0 Å². The summed E-state index contributed by atoms with van der Waals surface area (Å²) in [6.07, 6.45) is 2.63. The molecule has 0 aromatic heterocycles. The van der Waals surface area contributed by atoms with Gasteiger partial charge in [0.2, 0.25) is 0 Å². The molecule has 0 spiro atoms. The second-order valence-electron chi connectivity index (χ2n) is 6.69. The van der Waals surface area contributed by atoms with E-state index in [2.05, 4.69) is 6.58 Å². The first-order valence-electron chi connectivity index (χ1n) is 9.49. The number of rotatable bonds is 8. The van der Waals surface area contributed by atoms with E-state index in [9.17, 15) is 9.18 Å². The van der Waals surface area contributed by atoms with Crippen molar-refractivity contribution in [2.45, 2.75) is 19.4 Å². The lowest BCUT2D eigenvalue weighted by Crippen LogP contribution is -2.01. The van der Waals surface area contributed by atoms with Crippen molar-refractivity contribution in [1.29, 1.82) is 0 Å². The zero-order chi connectivity index (χ0) is 20.6. The summed E-state index contributed by atoms with van der Waals surface area (Å²) in [5, 5.41) is 8.93. The SMILES string of the molecule is C=CC(=O)OCc1ccccc1-c1ccc(-c2ccc(CCCO)cc2)c(F)c1. The van der Waals surface area contributed by atoms with Gasteiger partial charge in [-0.25, -0.2) is 9.18 Å². The normalized spacial score (nSPS) is 10.6. The van der Waals surface area contributed by atoms with Gasteiger partial charge in [-0.15, -0.1) is 0 Å². The van der Waals surface area contributed by atoms with Crippen molar-refractivity contribution in [2.24, 2.45) is 0 Å². The van der Waals surface area contributed by atoms with Crippen LogP contribution >= 0.6 is 0 Å². The Kier molecular flexibility index (Phi) is 6.93. The molecule has 0 aliphatic rings. The minimum absolute atomic E-state index is 0.0969. The maximum absolute atomic E-state index is 14.9. The van der Waals surface area contributed by atoms with Gasteiger partial charge in [-0.2, -0.15) is 0 Å². The highest BCUT2D eigenvalue weighted by Crippen LogP contribution is 2.30. The molecule has 0 aliphatic carbocycles. The summed E-state index contributed by atoms with van der Waals surface area (Å²) in [6.45, 7) is 3.64. The molecule has 0 amide bonds. The van der Waals surface area contributed by atoms with Gasteiger partial charge in [0.1, 0.15) is 12.4 Å². The van der Waals surface area contributed by atoms with Crippen molar-refractivity contribution in [3.05, 3.63) is 96.3 Å². The van der Waals surface area contributed by atoms with Crippen LogP contribution in [0, 0.1) is 5.82 Å². The van der Waals surface area contributed by atoms with Gasteiger partial charge in [0.25, 0.3) is 0 Å². The van der Waals surface area contributed by atoms with Gasteiger partial charge in [-0.1, -0.05) is 67.2 Å². The highest BCUT2D eigenvalue weighted by Gasteiger charge is 2.11. The maximum atomic E-state index is 14.9. The van der Waals surface area contributed by atoms with Crippen LogP contribution in [0.5, 0.6) is 0 Å². The molecule has 3 rings (SSSR count). The van der Waals surface area contributed by atoms with E-state index in [1.807, 2.05) is 54.6 Å². The third-order valence-electron chi connectivity index (χ3n) is 4.72. The van der Waals surface area contributed by atoms with Gasteiger partial charge in [0.15, 0.2) is 0 Å². The van der Waals surface area contributed by atoms with Crippen LogP contribution in [-0.2, 0) is 22.6 Å². The lowest BCUT2D eigenvalue weighted by molar-refractivity contribution is -0.138. The smallest absolute Gasteiger partial charge is 0.330 e. The highest BCUT2D eigenvalue weighted by molar-refractivity contribution is 5.81. The molecule has 0 aliphatic heterocycles. The van der Waals surface area contributed by atoms with Gasteiger partial charge < -0.3 is 9.84 Å². The van der Waals surface area contributed by atoms with E-state index in [0.29, 0.717) is 12.0 Å². The topological polar surface area (TPSA) is 46.5 Å². The van der Waals surface area contributed by atoms with Crippen LogP contribution in [0.1, 0.15) is 17.5 Å². The number of benzene rings is 3. The van der Waals surface area contributed by atoms with E-state index in [1.165, 1.54) is 6.07 Å². The fourth-order valence-electron chi connectivity index (χ4n) is 3.19. The van der Waals surface area contributed by atoms with Crippen molar-refractivity contribution < 1.29 is 19.0 Å². The Morgan fingerprint density at radius 2 is 1.72 bits per heavy atom. The van der Waals surface area contributed by atoms with E-state index < -0.39 is 5.97 Å².